The van der Waals surface area contributed by atoms with E-state index in [-0.39, 0.29) is 12.3 Å². The lowest BCUT2D eigenvalue weighted by molar-refractivity contribution is -0.137. The summed E-state index contributed by atoms with van der Waals surface area (Å²) in [5.74, 6) is -0.101. The predicted octanol–water partition coefficient (Wildman–Crippen LogP) is 5.20. The average Bonchev–Trinajstić information content (AvgIpc) is 2.87. The Hall–Kier alpha value is -1.76. The zero-order valence-corrected chi connectivity index (χ0v) is 13.9. The summed E-state index contributed by atoms with van der Waals surface area (Å²) in [7, 11) is 0. The van der Waals surface area contributed by atoms with Crippen LogP contribution in [0.3, 0.4) is 0 Å². The third-order valence-corrected chi connectivity index (χ3v) is 5.20. The van der Waals surface area contributed by atoms with Gasteiger partial charge in [0.15, 0.2) is 5.13 Å². The summed E-state index contributed by atoms with van der Waals surface area (Å²) in [6, 6.07) is 5.55. The Morgan fingerprint density at radius 2 is 1.96 bits per heavy atom. The van der Waals surface area contributed by atoms with E-state index in [2.05, 4.69) is 10.3 Å². The van der Waals surface area contributed by atoms with Crippen molar-refractivity contribution in [1.29, 1.82) is 0 Å². The van der Waals surface area contributed by atoms with Crippen LogP contribution >= 0.6 is 11.3 Å². The lowest BCUT2D eigenvalue weighted by Gasteiger charge is -2.22. The first-order valence-electron chi connectivity index (χ1n) is 8.03. The second kappa shape index (κ2) is 7.01. The van der Waals surface area contributed by atoms with Crippen molar-refractivity contribution in [2.24, 2.45) is 0 Å². The number of benzene rings is 1. The van der Waals surface area contributed by atoms with Gasteiger partial charge in [-0.3, -0.25) is 0 Å². The van der Waals surface area contributed by atoms with Crippen LogP contribution in [-0.2, 0) is 12.6 Å². The lowest BCUT2D eigenvalue weighted by Crippen LogP contribution is -2.21. The number of hydrogen-bond acceptors (Lipinski definition) is 4. The molecule has 1 fully saturated rings. The first-order valence-corrected chi connectivity index (χ1v) is 8.85. The van der Waals surface area contributed by atoms with Crippen LogP contribution in [-0.4, -0.2) is 16.1 Å². The summed E-state index contributed by atoms with van der Waals surface area (Å²) in [6.45, 7) is 0. The van der Waals surface area contributed by atoms with Crippen LogP contribution in [0.5, 0.6) is 5.88 Å². The molecule has 130 valence electrons. The van der Waals surface area contributed by atoms with Crippen LogP contribution < -0.4 is 5.32 Å². The van der Waals surface area contributed by atoms with Gasteiger partial charge >= 0.3 is 6.18 Å². The van der Waals surface area contributed by atoms with Gasteiger partial charge in [-0.1, -0.05) is 48.8 Å². The van der Waals surface area contributed by atoms with Gasteiger partial charge in [0.2, 0.25) is 5.88 Å². The lowest BCUT2D eigenvalue weighted by atomic mass is 9.96. The van der Waals surface area contributed by atoms with E-state index < -0.39 is 11.7 Å². The normalized spacial score (nSPS) is 16.3. The number of rotatable bonds is 4. The minimum atomic E-state index is -4.36. The van der Waals surface area contributed by atoms with Crippen molar-refractivity contribution in [3.63, 3.8) is 0 Å². The summed E-state index contributed by atoms with van der Waals surface area (Å²) in [5, 5.41) is 14.0. The molecule has 1 saturated carbocycles. The van der Waals surface area contributed by atoms with Crippen molar-refractivity contribution in [3.8, 4) is 5.88 Å². The van der Waals surface area contributed by atoms with E-state index in [1.54, 1.807) is 6.07 Å². The molecule has 0 atom stereocenters. The molecule has 0 bridgehead atoms. The van der Waals surface area contributed by atoms with Crippen LogP contribution in [0.1, 0.15) is 48.1 Å². The number of nitrogens with zero attached hydrogens (tertiary/aromatic N) is 1. The van der Waals surface area contributed by atoms with E-state index in [0.717, 1.165) is 25.0 Å². The number of aromatic nitrogens is 1. The maximum absolute atomic E-state index is 12.8. The van der Waals surface area contributed by atoms with Crippen molar-refractivity contribution in [2.45, 2.75) is 50.7 Å². The van der Waals surface area contributed by atoms with Crippen molar-refractivity contribution in [2.75, 3.05) is 5.32 Å². The molecule has 1 aromatic carbocycles. The highest BCUT2D eigenvalue weighted by Crippen LogP contribution is 2.34. The molecule has 24 heavy (non-hydrogen) atoms. The van der Waals surface area contributed by atoms with Gasteiger partial charge in [-0.15, -0.1) is 0 Å². The zero-order valence-electron chi connectivity index (χ0n) is 13.1. The quantitative estimate of drug-likeness (QED) is 0.791. The molecular formula is C17H19F3N2OS. The van der Waals surface area contributed by atoms with Gasteiger partial charge in [-0.05, 0) is 24.5 Å². The average molecular weight is 356 g/mol. The van der Waals surface area contributed by atoms with E-state index in [1.807, 2.05) is 0 Å². The maximum atomic E-state index is 12.8. The molecule has 2 aromatic rings. The summed E-state index contributed by atoms with van der Waals surface area (Å²) >= 11 is 1.31. The first-order chi connectivity index (χ1) is 11.4. The standard InChI is InChI=1S/C17H19F3N2OS/c18-17(19,20)12-6-4-5-11(9-12)10-14-15(23)22-16(24-14)21-13-7-2-1-3-8-13/h4-6,9,13,23H,1-3,7-8,10H2,(H,21,22). The minimum absolute atomic E-state index is 0.101. The van der Waals surface area contributed by atoms with Crippen molar-refractivity contribution < 1.29 is 18.3 Å². The molecule has 1 aromatic heterocycles. The highest BCUT2D eigenvalue weighted by atomic mass is 32.1. The highest BCUT2D eigenvalue weighted by Gasteiger charge is 2.30. The topological polar surface area (TPSA) is 45.2 Å². The van der Waals surface area contributed by atoms with Gasteiger partial charge in [0, 0.05) is 12.5 Å². The fourth-order valence-corrected chi connectivity index (χ4v) is 3.95. The third kappa shape index (κ3) is 4.20. The minimum Gasteiger partial charge on any atom is -0.492 e. The smallest absolute Gasteiger partial charge is 0.416 e. The van der Waals surface area contributed by atoms with Gasteiger partial charge in [0.05, 0.1) is 10.4 Å². The van der Waals surface area contributed by atoms with E-state index in [4.69, 9.17) is 0 Å². The predicted molar refractivity (Wildman–Crippen MR) is 88.5 cm³/mol. The van der Waals surface area contributed by atoms with Gasteiger partial charge in [0.1, 0.15) is 0 Å². The molecule has 0 aliphatic heterocycles. The van der Waals surface area contributed by atoms with Gasteiger partial charge < -0.3 is 10.4 Å². The molecular weight excluding hydrogens is 337 g/mol. The largest absolute Gasteiger partial charge is 0.492 e. The molecule has 0 saturated heterocycles. The van der Waals surface area contributed by atoms with Crippen molar-refractivity contribution >= 4 is 16.5 Å². The van der Waals surface area contributed by atoms with E-state index in [1.165, 1.54) is 36.7 Å². The monoisotopic (exact) mass is 356 g/mol. The number of aromatic hydroxyl groups is 1. The van der Waals surface area contributed by atoms with Crippen LogP contribution in [0.15, 0.2) is 24.3 Å². The van der Waals surface area contributed by atoms with Crippen molar-refractivity contribution in [1.82, 2.24) is 4.98 Å². The van der Waals surface area contributed by atoms with Gasteiger partial charge in [-0.25, -0.2) is 0 Å². The summed E-state index contributed by atoms with van der Waals surface area (Å²) in [4.78, 5) is 4.69. The molecule has 1 aliphatic carbocycles. The van der Waals surface area contributed by atoms with E-state index in [9.17, 15) is 18.3 Å². The molecule has 1 aliphatic rings. The molecule has 7 heteroatoms. The fourth-order valence-electron chi connectivity index (χ4n) is 2.99. The second-order valence-corrected chi connectivity index (χ2v) is 7.20. The molecule has 0 unspecified atom stereocenters. The SMILES string of the molecule is Oc1nc(NC2CCCCC2)sc1Cc1cccc(C(F)(F)F)c1. The molecule has 0 radical (unpaired) electrons. The summed E-state index contributed by atoms with van der Waals surface area (Å²) in [6.07, 6.45) is 1.67. The fraction of sp³-hybridized carbons (Fsp3) is 0.471. The number of halogens is 3. The Morgan fingerprint density at radius 3 is 2.67 bits per heavy atom. The number of nitrogens with one attached hydrogen (secondary N) is 1. The Labute approximate surface area is 142 Å². The van der Waals surface area contributed by atoms with Crippen molar-refractivity contribution in [3.05, 3.63) is 40.3 Å². The number of hydrogen-bond donors (Lipinski definition) is 2. The number of alkyl halides is 3. The van der Waals surface area contributed by atoms with Crippen LogP contribution in [0.2, 0.25) is 0 Å². The first kappa shape index (κ1) is 17.1. The van der Waals surface area contributed by atoms with Crippen LogP contribution in [0.4, 0.5) is 18.3 Å². The Balaban J connectivity index is 1.71. The highest BCUT2D eigenvalue weighted by molar-refractivity contribution is 7.15. The van der Waals surface area contributed by atoms with Gasteiger partial charge in [0.25, 0.3) is 0 Å². The molecule has 0 spiro atoms. The molecule has 0 amide bonds. The summed E-state index contributed by atoms with van der Waals surface area (Å²) < 4.78 is 38.3. The summed E-state index contributed by atoms with van der Waals surface area (Å²) in [5.41, 5.74) is -0.169. The second-order valence-electron chi connectivity index (χ2n) is 6.12. The Morgan fingerprint density at radius 1 is 1.21 bits per heavy atom. The maximum Gasteiger partial charge on any atom is 0.416 e. The van der Waals surface area contributed by atoms with Crippen LogP contribution in [0.25, 0.3) is 0 Å². The Bertz CT molecular complexity index is 693. The zero-order chi connectivity index (χ0) is 17.2. The molecule has 3 rings (SSSR count). The molecule has 1 heterocycles. The van der Waals surface area contributed by atoms with Crippen LogP contribution in [0, 0.1) is 0 Å². The van der Waals surface area contributed by atoms with Gasteiger partial charge in [-0.2, -0.15) is 18.2 Å². The van der Waals surface area contributed by atoms with E-state index in [0.29, 0.717) is 21.6 Å². The molecule has 2 N–H and O–H groups in total. The van der Waals surface area contributed by atoms with E-state index >= 15 is 0 Å². The third-order valence-electron chi connectivity index (χ3n) is 4.23. The molecule has 3 nitrogen and oxygen atoms in total. The number of anilines is 1. The Kier molecular flexibility index (Phi) is 4.99. The number of thiazole rings is 1.